The van der Waals surface area contributed by atoms with E-state index in [9.17, 15) is 5.11 Å². The van der Waals surface area contributed by atoms with Crippen LogP contribution in [0.5, 0.6) is 0 Å². The lowest BCUT2D eigenvalue weighted by molar-refractivity contribution is 0.0288. The van der Waals surface area contributed by atoms with Gasteiger partial charge >= 0.3 is 0 Å². The molecule has 0 spiro atoms. The molecule has 0 aliphatic rings. The van der Waals surface area contributed by atoms with Gasteiger partial charge in [-0.25, -0.2) is 0 Å². The Hall–Kier alpha value is -1.20. The number of rotatable bonds is 8. The van der Waals surface area contributed by atoms with Gasteiger partial charge in [0.2, 0.25) is 0 Å². The highest BCUT2D eigenvalue weighted by Gasteiger charge is 2.10. The van der Waals surface area contributed by atoms with E-state index in [1.165, 1.54) is 16.0 Å². The molecule has 0 fully saturated rings. The summed E-state index contributed by atoms with van der Waals surface area (Å²) in [5.41, 5.74) is 2.53. The Kier molecular flexibility index (Phi) is 6.39. The number of benzene rings is 1. The number of nitrogens with one attached hydrogen (secondary N) is 1. The largest absolute Gasteiger partial charge is 0.389 e. The first-order valence-electron chi connectivity index (χ1n) is 7.24. The summed E-state index contributed by atoms with van der Waals surface area (Å²) in [5.74, 6) is 0. The second-order valence-electron chi connectivity index (χ2n) is 5.23. The molecular formula is C17H23NO2S. The summed E-state index contributed by atoms with van der Waals surface area (Å²) in [4.78, 5) is 1.18. The molecule has 2 atom stereocenters. The standard InChI is InChI=1S/C17H23NO2S/c1-13-6-3-4-8-17(13)14(2)18-10-15(19)11-20-12-16-7-5-9-21-16/h3-9,14-15,18-19H,10-12H2,1-2H3. The highest BCUT2D eigenvalue weighted by atomic mass is 32.1. The Morgan fingerprint density at radius 1 is 1.24 bits per heavy atom. The number of hydrogen-bond acceptors (Lipinski definition) is 4. The predicted molar refractivity (Wildman–Crippen MR) is 87.6 cm³/mol. The summed E-state index contributed by atoms with van der Waals surface area (Å²) in [6, 6.07) is 12.6. The zero-order valence-electron chi connectivity index (χ0n) is 12.6. The van der Waals surface area contributed by atoms with Crippen molar-refractivity contribution in [3.05, 3.63) is 57.8 Å². The maximum atomic E-state index is 9.96. The van der Waals surface area contributed by atoms with E-state index in [1.54, 1.807) is 11.3 Å². The van der Waals surface area contributed by atoms with Gasteiger partial charge in [0.1, 0.15) is 0 Å². The zero-order valence-corrected chi connectivity index (χ0v) is 13.4. The molecule has 0 aliphatic carbocycles. The fourth-order valence-corrected chi connectivity index (χ4v) is 2.89. The molecule has 0 bridgehead atoms. The molecule has 21 heavy (non-hydrogen) atoms. The van der Waals surface area contributed by atoms with E-state index in [4.69, 9.17) is 4.74 Å². The summed E-state index contributed by atoms with van der Waals surface area (Å²) in [5, 5.41) is 15.3. The quantitative estimate of drug-likeness (QED) is 0.786. The lowest BCUT2D eigenvalue weighted by Gasteiger charge is -2.19. The molecular weight excluding hydrogens is 282 g/mol. The lowest BCUT2D eigenvalue weighted by Crippen LogP contribution is -2.32. The summed E-state index contributed by atoms with van der Waals surface area (Å²) >= 11 is 1.67. The van der Waals surface area contributed by atoms with E-state index in [-0.39, 0.29) is 6.04 Å². The number of aryl methyl sites for hydroxylation is 1. The Balaban J connectivity index is 1.68. The number of hydrogen-bond donors (Lipinski definition) is 2. The average Bonchev–Trinajstić information content (AvgIpc) is 2.98. The van der Waals surface area contributed by atoms with Crippen molar-refractivity contribution in [1.29, 1.82) is 0 Å². The zero-order chi connectivity index (χ0) is 15.1. The second kappa shape index (κ2) is 8.29. The maximum Gasteiger partial charge on any atom is 0.0898 e. The van der Waals surface area contributed by atoms with Crippen LogP contribution in [0.3, 0.4) is 0 Å². The molecule has 2 N–H and O–H groups in total. The Labute approximate surface area is 130 Å². The third kappa shape index (κ3) is 5.25. The molecule has 2 aromatic rings. The number of aliphatic hydroxyl groups excluding tert-OH is 1. The molecule has 1 aromatic carbocycles. The molecule has 2 rings (SSSR count). The summed E-state index contributed by atoms with van der Waals surface area (Å²) in [6.07, 6.45) is -0.489. The molecule has 4 heteroatoms. The minimum Gasteiger partial charge on any atom is -0.389 e. The molecule has 1 aromatic heterocycles. The molecule has 0 saturated carbocycles. The minimum atomic E-state index is -0.489. The predicted octanol–water partition coefficient (Wildman–Crippen LogP) is 3.28. The van der Waals surface area contributed by atoms with Gasteiger partial charge in [0.15, 0.2) is 0 Å². The van der Waals surface area contributed by atoms with Crippen molar-refractivity contribution < 1.29 is 9.84 Å². The maximum absolute atomic E-state index is 9.96. The Morgan fingerprint density at radius 3 is 2.76 bits per heavy atom. The van der Waals surface area contributed by atoms with Gasteiger partial charge in [-0.1, -0.05) is 30.3 Å². The Morgan fingerprint density at radius 2 is 2.05 bits per heavy atom. The van der Waals surface area contributed by atoms with Crippen LogP contribution in [0.1, 0.15) is 29.0 Å². The van der Waals surface area contributed by atoms with E-state index in [0.29, 0.717) is 19.8 Å². The molecule has 0 radical (unpaired) electrons. The van der Waals surface area contributed by atoms with Crippen LogP contribution in [0.4, 0.5) is 0 Å². The summed E-state index contributed by atoms with van der Waals surface area (Å²) < 4.78 is 5.52. The highest BCUT2D eigenvalue weighted by Crippen LogP contribution is 2.16. The molecule has 2 unspecified atom stereocenters. The SMILES string of the molecule is Cc1ccccc1C(C)NCC(O)COCc1cccs1. The third-order valence-electron chi connectivity index (χ3n) is 3.45. The van der Waals surface area contributed by atoms with Crippen LogP contribution >= 0.6 is 11.3 Å². The minimum absolute atomic E-state index is 0.221. The van der Waals surface area contributed by atoms with Gasteiger partial charge < -0.3 is 15.2 Å². The summed E-state index contributed by atoms with van der Waals surface area (Å²) in [7, 11) is 0. The van der Waals surface area contributed by atoms with Crippen LogP contribution in [0.15, 0.2) is 41.8 Å². The van der Waals surface area contributed by atoms with Crippen molar-refractivity contribution in [3.8, 4) is 0 Å². The first kappa shape index (κ1) is 16.2. The fraction of sp³-hybridized carbons (Fsp3) is 0.412. The van der Waals surface area contributed by atoms with Crippen LogP contribution in [0, 0.1) is 6.92 Å². The van der Waals surface area contributed by atoms with Crippen LogP contribution in [0.2, 0.25) is 0 Å². The van der Waals surface area contributed by atoms with E-state index in [0.717, 1.165) is 0 Å². The van der Waals surface area contributed by atoms with E-state index in [2.05, 4.69) is 31.3 Å². The summed E-state index contributed by atoms with van der Waals surface area (Å²) in [6.45, 7) is 5.67. The molecule has 0 amide bonds. The first-order valence-corrected chi connectivity index (χ1v) is 8.12. The van der Waals surface area contributed by atoms with Gasteiger partial charge in [-0.2, -0.15) is 0 Å². The van der Waals surface area contributed by atoms with Crippen LogP contribution in [-0.2, 0) is 11.3 Å². The van der Waals surface area contributed by atoms with E-state index >= 15 is 0 Å². The van der Waals surface area contributed by atoms with Gasteiger partial charge in [0, 0.05) is 17.5 Å². The van der Waals surface area contributed by atoms with Crippen molar-refractivity contribution in [2.24, 2.45) is 0 Å². The number of thiophene rings is 1. The highest BCUT2D eigenvalue weighted by molar-refractivity contribution is 7.09. The normalized spacial score (nSPS) is 14.0. The van der Waals surface area contributed by atoms with Gasteiger partial charge in [0.05, 0.1) is 19.3 Å². The van der Waals surface area contributed by atoms with Crippen molar-refractivity contribution in [2.45, 2.75) is 32.6 Å². The third-order valence-corrected chi connectivity index (χ3v) is 4.30. The molecule has 114 valence electrons. The van der Waals surface area contributed by atoms with Crippen molar-refractivity contribution >= 4 is 11.3 Å². The molecule has 3 nitrogen and oxygen atoms in total. The van der Waals surface area contributed by atoms with Crippen LogP contribution < -0.4 is 5.32 Å². The number of ether oxygens (including phenoxy) is 1. The van der Waals surface area contributed by atoms with Crippen LogP contribution in [0.25, 0.3) is 0 Å². The first-order chi connectivity index (χ1) is 10.2. The topological polar surface area (TPSA) is 41.5 Å². The number of aliphatic hydroxyl groups is 1. The van der Waals surface area contributed by atoms with Gasteiger partial charge in [0.25, 0.3) is 0 Å². The lowest BCUT2D eigenvalue weighted by atomic mass is 10.0. The average molecular weight is 305 g/mol. The molecule has 1 heterocycles. The Bertz CT molecular complexity index is 527. The van der Waals surface area contributed by atoms with Gasteiger partial charge in [-0.3, -0.25) is 0 Å². The smallest absolute Gasteiger partial charge is 0.0898 e. The van der Waals surface area contributed by atoms with Crippen LogP contribution in [-0.4, -0.2) is 24.4 Å². The fourth-order valence-electron chi connectivity index (χ4n) is 2.24. The second-order valence-corrected chi connectivity index (χ2v) is 6.27. The van der Waals surface area contributed by atoms with E-state index < -0.39 is 6.10 Å². The molecule has 0 saturated heterocycles. The van der Waals surface area contributed by atoms with Gasteiger partial charge in [-0.05, 0) is 36.4 Å². The van der Waals surface area contributed by atoms with Crippen molar-refractivity contribution in [3.63, 3.8) is 0 Å². The monoisotopic (exact) mass is 305 g/mol. The van der Waals surface area contributed by atoms with Crippen molar-refractivity contribution in [2.75, 3.05) is 13.2 Å². The van der Waals surface area contributed by atoms with Crippen molar-refractivity contribution in [1.82, 2.24) is 5.32 Å². The van der Waals surface area contributed by atoms with E-state index in [1.807, 2.05) is 29.6 Å². The van der Waals surface area contributed by atoms with Gasteiger partial charge in [-0.15, -0.1) is 11.3 Å². The molecule has 0 aliphatic heterocycles.